The van der Waals surface area contributed by atoms with Crippen LogP contribution < -0.4 is 10.1 Å². The molecule has 0 spiro atoms. The van der Waals surface area contributed by atoms with E-state index in [-0.39, 0.29) is 11.9 Å². The van der Waals surface area contributed by atoms with Gasteiger partial charge in [0.15, 0.2) is 5.65 Å². The van der Waals surface area contributed by atoms with Gasteiger partial charge < -0.3 is 14.8 Å². The lowest BCUT2D eigenvalue weighted by molar-refractivity contribution is 0.161. The molecule has 1 aromatic carbocycles. The molecule has 1 N–H and O–H groups in total. The number of halogens is 1. The van der Waals surface area contributed by atoms with E-state index in [1.54, 1.807) is 18.6 Å². The van der Waals surface area contributed by atoms with Crippen molar-refractivity contribution in [2.24, 2.45) is 0 Å². The summed E-state index contributed by atoms with van der Waals surface area (Å²) in [5.41, 5.74) is 4.50. The van der Waals surface area contributed by atoms with Crippen LogP contribution in [0, 0.1) is 5.82 Å². The van der Waals surface area contributed by atoms with Gasteiger partial charge in [0.1, 0.15) is 24.0 Å². The van der Waals surface area contributed by atoms with Crippen molar-refractivity contribution in [2.75, 3.05) is 18.5 Å². The lowest BCUT2D eigenvalue weighted by Crippen LogP contribution is -2.11. The Hall–Kier alpha value is -3.00. The number of benzene rings is 1. The zero-order valence-electron chi connectivity index (χ0n) is 15.1. The summed E-state index contributed by atoms with van der Waals surface area (Å²) < 4.78 is 27.5. The molecule has 1 fully saturated rings. The third-order valence-corrected chi connectivity index (χ3v) is 5.71. The van der Waals surface area contributed by atoms with Crippen LogP contribution in [0.3, 0.4) is 0 Å². The zero-order valence-corrected chi connectivity index (χ0v) is 15.1. The van der Waals surface area contributed by atoms with E-state index >= 15 is 0 Å². The Bertz CT molecular complexity index is 1130. The second-order valence-corrected chi connectivity index (χ2v) is 7.36. The Morgan fingerprint density at radius 2 is 2.29 bits per heavy atom. The smallest absolute Gasteiger partial charge is 0.210 e. The molecule has 1 aliphatic carbocycles. The van der Waals surface area contributed by atoms with Crippen LogP contribution in [0.15, 0.2) is 30.7 Å². The first-order valence-electron chi connectivity index (χ1n) is 9.47. The standard InChI is InChI=1S/C20H18FN5O2/c21-15-1-2-16-18(12-7-17(12)28-16)14(15)9-23-20-22-8-13(11-3-5-27-6-4-11)19-25-24-10-26(19)20/h1-3,8,10,12,17H,4-7,9H2,(H,22,23). The topological polar surface area (TPSA) is 73.6 Å². The molecule has 2 unspecified atom stereocenters. The van der Waals surface area contributed by atoms with E-state index in [2.05, 4.69) is 26.6 Å². The third kappa shape index (κ3) is 2.41. The minimum atomic E-state index is -0.216. The number of rotatable bonds is 4. The van der Waals surface area contributed by atoms with Crippen LogP contribution in [0.5, 0.6) is 5.75 Å². The Kier molecular flexibility index (Phi) is 3.43. The van der Waals surface area contributed by atoms with Gasteiger partial charge in [-0.15, -0.1) is 10.2 Å². The average molecular weight is 379 g/mol. The maximum absolute atomic E-state index is 14.5. The molecular weight excluding hydrogens is 361 g/mol. The van der Waals surface area contributed by atoms with Crippen molar-refractivity contribution in [3.05, 3.63) is 53.2 Å². The number of aromatic nitrogens is 4. The van der Waals surface area contributed by atoms with Crippen LogP contribution in [0.1, 0.15) is 35.4 Å². The van der Waals surface area contributed by atoms with Crippen molar-refractivity contribution < 1.29 is 13.9 Å². The largest absolute Gasteiger partial charge is 0.489 e. The van der Waals surface area contributed by atoms with Crippen LogP contribution in [0.4, 0.5) is 10.3 Å². The molecule has 3 aromatic rings. The molecule has 7 nitrogen and oxygen atoms in total. The number of anilines is 1. The Labute approximate surface area is 160 Å². The first-order chi connectivity index (χ1) is 13.8. The van der Waals surface area contributed by atoms with E-state index in [9.17, 15) is 4.39 Å². The van der Waals surface area contributed by atoms with Gasteiger partial charge in [-0.05, 0) is 30.5 Å². The van der Waals surface area contributed by atoms with E-state index in [1.807, 2.05) is 4.40 Å². The van der Waals surface area contributed by atoms with Crippen molar-refractivity contribution in [1.82, 2.24) is 19.6 Å². The Balaban J connectivity index is 1.33. The summed E-state index contributed by atoms with van der Waals surface area (Å²) in [4.78, 5) is 4.56. The highest BCUT2D eigenvalue weighted by molar-refractivity contribution is 5.76. The highest BCUT2D eigenvalue weighted by Crippen LogP contribution is 2.55. The van der Waals surface area contributed by atoms with Crippen LogP contribution >= 0.6 is 0 Å². The highest BCUT2D eigenvalue weighted by Gasteiger charge is 2.49. The maximum Gasteiger partial charge on any atom is 0.210 e. The molecule has 6 rings (SSSR count). The van der Waals surface area contributed by atoms with Gasteiger partial charge in [0.2, 0.25) is 5.95 Å². The van der Waals surface area contributed by atoms with E-state index < -0.39 is 0 Å². The molecule has 2 aliphatic heterocycles. The lowest BCUT2D eigenvalue weighted by atomic mass is 10.0. The molecule has 0 bridgehead atoms. The Morgan fingerprint density at radius 1 is 1.32 bits per heavy atom. The average Bonchev–Trinajstić information content (AvgIpc) is 3.14. The van der Waals surface area contributed by atoms with Gasteiger partial charge in [0, 0.05) is 35.3 Å². The number of ether oxygens (including phenoxy) is 2. The van der Waals surface area contributed by atoms with Gasteiger partial charge in [-0.3, -0.25) is 4.40 Å². The van der Waals surface area contributed by atoms with Gasteiger partial charge in [-0.25, -0.2) is 9.37 Å². The van der Waals surface area contributed by atoms with Crippen molar-refractivity contribution in [1.29, 1.82) is 0 Å². The summed E-state index contributed by atoms with van der Waals surface area (Å²) in [7, 11) is 0. The molecular formula is C20H18FN5O2. The number of nitrogens with one attached hydrogen (secondary N) is 1. The molecule has 2 aromatic heterocycles. The second-order valence-electron chi connectivity index (χ2n) is 7.36. The van der Waals surface area contributed by atoms with E-state index in [0.717, 1.165) is 40.9 Å². The fourth-order valence-electron chi connectivity index (χ4n) is 4.19. The Morgan fingerprint density at radius 3 is 3.18 bits per heavy atom. The van der Waals surface area contributed by atoms with E-state index in [1.165, 1.54) is 6.07 Å². The quantitative estimate of drug-likeness (QED) is 0.751. The molecule has 0 radical (unpaired) electrons. The van der Waals surface area contributed by atoms with E-state index in [0.29, 0.717) is 37.2 Å². The van der Waals surface area contributed by atoms with Crippen LogP contribution in [0.25, 0.3) is 11.2 Å². The van der Waals surface area contributed by atoms with Crippen LogP contribution in [-0.4, -0.2) is 38.9 Å². The lowest BCUT2D eigenvalue weighted by Gasteiger charge is -2.16. The van der Waals surface area contributed by atoms with Crippen molar-refractivity contribution >= 4 is 17.2 Å². The van der Waals surface area contributed by atoms with Crippen LogP contribution in [-0.2, 0) is 11.3 Å². The number of hydrogen-bond donors (Lipinski definition) is 1. The maximum atomic E-state index is 14.5. The summed E-state index contributed by atoms with van der Waals surface area (Å²) in [5.74, 6) is 1.50. The molecule has 142 valence electrons. The summed E-state index contributed by atoms with van der Waals surface area (Å²) >= 11 is 0. The fourth-order valence-corrected chi connectivity index (χ4v) is 4.19. The monoisotopic (exact) mass is 379 g/mol. The number of nitrogens with zero attached hydrogens (tertiary/aromatic N) is 4. The molecule has 0 amide bonds. The molecule has 3 aliphatic rings. The van der Waals surface area contributed by atoms with Crippen molar-refractivity contribution in [3.8, 4) is 5.75 Å². The zero-order chi connectivity index (χ0) is 18.7. The van der Waals surface area contributed by atoms with Crippen molar-refractivity contribution in [2.45, 2.75) is 31.4 Å². The SMILES string of the molecule is Fc1ccc2c(c1CNc1ncc(C3=CCOCC3)c3nncn13)C1CC1O2. The minimum absolute atomic E-state index is 0.216. The molecule has 4 heterocycles. The predicted octanol–water partition coefficient (Wildman–Crippen LogP) is 2.93. The van der Waals surface area contributed by atoms with Gasteiger partial charge in [-0.1, -0.05) is 6.08 Å². The second kappa shape index (κ2) is 6.00. The molecule has 0 saturated heterocycles. The number of fused-ring (bicyclic) bond motifs is 4. The molecule has 1 saturated carbocycles. The van der Waals surface area contributed by atoms with Crippen molar-refractivity contribution in [3.63, 3.8) is 0 Å². The predicted molar refractivity (Wildman–Crippen MR) is 99.7 cm³/mol. The third-order valence-electron chi connectivity index (χ3n) is 5.71. The first kappa shape index (κ1) is 16.0. The van der Waals surface area contributed by atoms with Gasteiger partial charge in [-0.2, -0.15) is 0 Å². The first-order valence-corrected chi connectivity index (χ1v) is 9.47. The van der Waals surface area contributed by atoms with E-state index in [4.69, 9.17) is 9.47 Å². The summed E-state index contributed by atoms with van der Waals surface area (Å²) in [5, 5.41) is 11.6. The number of hydrogen-bond acceptors (Lipinski definition) is 6. The minimum Gasteiger partial charge on any atom is -0.489 e. The highest BCUT2D eigenvalue weighted by atomic mass is 19.1. The molecule has 2 atom stereocenters. The summed E-state index contributed by atoms with van der Waals surface area (Å²) in [6.45, 7) is 1.62. The summed E-state index contributed by atoms with van der Waals surface area (Å²) in [6.07, 6.45) is 7.50. The van der Waals surface area contributed by atoms with Gasteiger partial charge in [0.25, 0.3) is 0 Å². The summed E-state index contributed by atoms with van der Waals surface area (Å²) in [6, 6.07) is 3.20. The normalized spacial score (nSPS) is 22.4. The molecule has 8 heteroatoms. The molecule has 28 heavy (non-hydrogen) atoms. The van der Waals surface area contributed by atoms with Gasteiger partial charge in [0.05, 0.1) is 13.2 Å². The van der Waals surface area contributed by atoms with Gasteiger partial charge >= 0.3 is 0 Å². The van der Waals surface area contributed by atoms with Crippen LogP contribution in [0.2, 0.25) is 0 Å². The fraction of sp³-hybridized carbons (Fsp3) is 0.350.